The van der Waals surface area contributed by atoms with E-state index in [2.05, 4.69) is 18.0 Å². The standard InChI is InChI=1S/C10H12N2/c1-2-3-4-9-5-10(6-11)8-12-7-9/h5,7-8H,2-4H2,1H3. The lowest BCUT2D eigenvalue weighted by Gasteiger charge is -1.97. The van der Waals surface area contributed by atoms with Crippen LogP contribution in [0.25, 0.3) is 0 Å². The normalized spacial score (nSPS) is 9.33. The van der Waals surface area contributed by atoms with Gasteiger partial charge in [0, 0.05) is 12.4 Å². The van der Waals surface area contributed by atoms with Crippen molar-refractivity contribution < 1.29 is 0 Å². The minimum atomic E-state index is 0.656. The summed E-state index contributed by atoms with van der Waals surface area (Å²) in [5, 5.41) is 8.60. The third kappa shape index (κ3) is 2.35. The Morgan fingerprint density at radius 3 is 3.00 bits per heavy atom. The zero-order chi connectivity index (χ0) is 8.81. The van der Waals surface area contributed by atoms with E-state index in [4.69, 9.17) is 5.26 Å². The Morgan fingerprint density at radius 2 is 2.33 bits per heavy atom. The van der Waals surface area contributed by atoms with Crippen LogP contribution in [-0.4, -0.2) is 4.98 Å². The average Bonchev–Trinajstić information content (AvgIpc) is 2.15. The zero-order valence-corrected chi connectivity index (χ0v) is 7.25. The van der Waals surface area contributed by atoms with Crippen molar-refractivity contribution in [2.45, 2.75) is 26.2 Å². The van der Waals surface area contributed by atoms with Crippen LogP contribution in [0.4, 0.5) is 0 Å². The molecule has 0 saturated carbocycles. The molecular weight excluding hydrogens is 148 g/mol. The van der Waals surface area contributed by atoms with Gasteiger partial charge in [0.25, 0.3) is 0 Å². The van der Waals surface area contributed by atoms with Gasteiger partial charge in [0.15, 0.2) is 0 Å². The number of rotatable bonds is 3. The molecule has 2 nitrogen and oxygen atoms in total. The average molecular weight is 160 g/mol. The van der Waals surface area contributed by atoms with E-state index in [1.54, 1.807) is 6.20 Å². The molecule has 2 heteroatoms. The van der Waals surface area contributed by atoms with E-state index in [0.29, 0.717) is 5.56 Å². The lowest BCUT2D eigenvalue weighted by Crippen LogP contribution is -1.87. The van der Waals surface area contributed by atoms with Gasteiger partial charge in [0.1, 0.15) is 6.07 Å². The van der Waals surface area contributed by atoms with E-state index in [1.807, 2.05) is 12.3 Å². The molecule has 0 N–H and O–H groups in total. The van der Waals surface area contributed by atoms with Crippen molar-refractivity contribution >= 4 is 0 Å². The Labute approximate surface area is 72.9 Å². The predicted molar refractivity (Wildman–Crippen MR) is 47.6 cm³/mol. The second-order valence-electron chi connectivity index (χ2n) is 2.80. The van der Waals surface area contributed by atoms with Crippen molar-refractivity contribution in [2.24, 2.45) is 0 Å². The summed E-state index contributed by atoms with van der Waals surface area (Å²) in [5.41, 5.74) is 1.82. The zero-order valence-electron chi connectivity index (χ0n) is 7.25. The fraction of sp³-hybridized carbons (Fsp3) is 0.400. The summed E-state index contributed by atoms with van der Waals surface area (Å²) in [6.45, 7) is 2.15. The molecule has 0 spiro atoms. The molecule has 0 unspecified atom stereocenters. The molecule has 1 heterocycles. The molecule has 1 aromatic rings. The Balaban J connectivity index is 2.68. The summed E-state index contributed by atoms with van der Waals surface area (Å²) in [4.78, 5) is 3.99. The van der Waals surface area contributed by atoms with Gasteiger partial charge in [-0.05, 0) is 24.5 Å². The molecule has 0 atom stereocenters. The van der Waals surface area contributed by atoms with Crippen LogP contribution in [0.2, 0.25) is 0 Å². The van der Waals surface area contributed by atoms with E-state index in [9.17, 15) is 0 Å². The molecule has 1 aromatic heterocycles. The van der Waals surface area contributed by atoms with Crippen molar-refractivity contribution in [3.05, 3.63) is 29.6 Å². The van der Waals surface area contributed by atoms with E-state index < -0.39 is 0 Å². The quantitative estimate of drug-likeness (QED) is 0.680. The summed E-state index contributed by atoms with van der Waals surface area (Å²) in [6, 6.07) is 3.99. The third-order valence-electron chi connectivity index (χ3n) is 1.74. The van der Waals surface area contributed by atoms with Gasteiger partial charge in [-0.15, -0.1) is 0 Å². The SMILES string of the molecule is CCCCc1cncc(C#N)c1. The first-order valence-electron chi connectivity index (χ1n) is 4.21. The van der Waals surface area contributed by atoms with Crippen LogP contribution < -0.4 is 0 Å². The molecular formula is C10H12N2. The fourth-order valence-corrected chi connectivity index (χ4v) is 1.07. The predicted octanol–water partition coefficient (Wildman–Crippen LogP) is 2.30. The molecule has 0 aliphatic heterocycles. The Hall–Kier alpha value is -1.36. The third-order valence-corrected chi connectivity index (χ3v) is 1.74. The first-order chi connectivity index (χ1) is 5.86. The van der Waals surface area contributed by atoms with Crippen molar-refractivity contribution in [2.75, 3.05) is 0 Å². The van der Waals surface area contributed by atoms with Crippen LogP contribution in [0, 0.1) is 11.3 Å². The van der Waals surface area contributed by atoms with Crippen molar-refractivity contribution in [3.8, 4) is 6.07 Å². The van der Waals surface area contributed by atoms with Gasteiger partial charge in [-0.3, -0.25) is 4.98 Å². The van der Waals surface area contributed by atoms with Gasteiger partial charge in [-0.25, -0.2) is 0 Å². The number of hydrogen-bond acceptors (Lipinski definition) is 2. The molecule has 62 valence electrons. The maximum absolute atomic E-state index is 8.60. The highest BCUT2D eigenvalue weighted by molar-refractivity contribution is 5.28. The van der Waals surface area contributed by atoms with Crippen molar-refractivity contribution in [3.63, 3.8) is 0 Å². The minimum Gasteiger partial charge on any atom is -0.263 e. The van der Waals surface area contributed by atoms with Crippen LogP contribution >= 0.6 is 0 Å². The monoisotopic (exact) mass is 160 g/mol. The first kappa shape index (κ1) is 8.73. The highest BCUT2D eigenvalue weighted by Crippen LogP contribution is 2.05. The van der Waals surface area contributed by atoms with Crippen molar-refractivity contribution in [1.82, 2.24) is 4.98 Å². The lowest BCUT2D eigenvalue weighted by atomic mass is 10.1. The van der Waals surface area contributed by atoms with Crippen LogP contribution in [0.3, 0.4) is 0 Å². The number of hydrogen-bond donors (Lipinski definition) is 0. The maximum Gasteiger partial charge on any atom is 0.101 e. The highest BCUT2D eigenvalue weighted by atomic mass is 14.6. The Morgan fingerprint density at radius 1 is 1.50 bits per heavy atom. The first-order valence-corrected chi connectivity index (χ1v) is 4.21. The van der Waals surface area contributed by atoms with E-state index in [-0.39, 0.29) is 0 Å². The number of aryl methyl sites for hydroxylation is 1. The van der Waals surface area contributed by atoms with Crippen LogP contribution in [0.1, 0.15) is 30.9 Å². The topological polar surface area (TPSA) is 36.7 Å². The highest BCUT2D eigenvalue weighted by Gasteiger charge is 1.94. The van der Waals surface area contributed by atoms with Gasteiger partial charge in [-0.1, -0.05) is 13.3 Å². The summed E-state index contributed by atoms with van der Waals surface area (Å²) >= 11 is 0. The molecule has 0 saturated heterocycles. The van der Waals surface area contributed by atoms with Crippen molar-refractivity contribution in [1.29, 1.82) is 5.26 Å². The van der Waals surface area contributed by atoms with E-state index >= 15 is 0 Å². The lowest BCUT2D eigenvalue weighted by molar-refractivity contribution is 0.792. The Bertz CT molecular complexity index is 286. The summed E-state index contributed by atoms with van der Waals surface area (Å²) in [5.74, 6) is 0. The van der Waals surface area contributed by atoms with E-state index in [0.717, 1.165) is 18.4 Å². The number of nitriles is 1. The van der Waals surface area contributed by atoms with Gasteiger partial charge >= 0.3 is 0 Å². The van der Waals surface area contributed by atoms with Gasteiger partial charge in [0.2, 0.25) is 0 Å². The minimum absolute atomic E-state index is 0.656. The Kier molecular flexibility index (Phi) is 3.28. The van der Waals surface area contributed by atoms with E-state index in [1.165, 1.54) is 6.42 Å². The molecule has 0 amide bonds. The van der Waals surface area contributed by atoms with Gasteiger partial charge in [-0.2, -0.15) is 5.26 Å². The van der Waals surface area contributed by atoms with Crippen LogP contribution in [0.15, 0.2) is 18.5 Å². The van der Waals surface area contributed by atoms with Crippen LogP contribution in [0.5, 0.6) is 0 Å². The summed E-state index contributed by atoms with van der Waals surface area (Å²) < 4.78 is 0. The number of nitrogens with zero attached hydrogens (tertiary/aromatic N) is 2. The maximum atomic E-state index is 8.60. The smallest absolute Gasteiger partial charge is 0.101 e. The van der Waals surface area contributed by atoms with Gasteiger partial charge in [0.05, 0.1) is 5.56 Å². The molecule has 12 heavy (non-hydrogen) atoms. The molecule has 0 fully saturated rings. The summed E-state index contributed by atoms with van der Waals surface area (Å²) in [7, 11) is 0. The molecule has 0 aliphatic rings. The second-order valence-corrected chi connectivity index (χ2v) is 2.80. The van der Waals surface area contributed by atoms with Crippen LogP contribution in [-0.2, 0) is 6.42 Å². The fourth-order valence-electron chi connectivity index (χ4n) is 1.07. The van der Waals surface area contributed by atoms with Gasteiger partial charge < -0.3 is 0 Å². The second kappa shape index (κ2) is 4.50. The number of pyridine rings is 1. The molecule has 0 bridgehead atoms. The number of unbranched alkanes of at least 4 members (excludes halogenated alkanes) is 1. The number of aromatic nitrogens is 1. The largest absolute Gasteiger partial charge is 0.263 e. The molecule has 0 aromatic carbocycles. The molecule has 0 radical (unpaired) electrons. The summed E-state index contributed by atoms with van der Waals surface area (Å²) in [6.07, 6.45) is 6.79. The molecule has 0 aliphatic carbocycles. The molecule has 1 rings (SSSR count).